The number of nitrogens with zero attached hydrogens (tertiary/aromatic N) is 1. The van der Waals surface area contributed by atoms with Crippen LogP contribution in [0.2, 0.25) is 0 Å². The second-order valence-corrected chi connectivity index (χ2v) is 7.87. The minimum Gasteiger partial charge on any atom is -0.480 e. The lowest BCUT2D eigenvalue weighted by molar-refractivity contribution is -0.142. The molecule has 1 rings (SSSR count). The molecule has 14 nitrogen and oxygen atoms in total. The number of carbonyl (C=O) groups excluding carboxylic acids is 4. The molecular formula is C20H34N8O6. The van der Waals surface area contributed by atoms with E-state index in [-0.39, 0.29) is 25.7 Å². The number of rotatable bonds is 16. The lowest BCUT2D eigenvalue weighted by atomic mass is 10.1. The first-order valence-electron chi connectivity index (χ1n) is 10.9. The lowest BCUT2D eigenvalue weighted by Gasteiger charge is -2.23. The number of aromatic nitrogens is 2. The van der Waals surface area contributed by atoms with Crippen molar-refractivity contribution < 1.29 is 29.1 Å². The number of H-pyrrole nitrogens is 1. The van der Waals surface area contributed by atoms with Crippen LogP contribution in [0.25, 0.3) is 0 Å². The van der Waals surface area contributed by atoms with E-state index in [0.29, 0.717) is 25.1 Å². The molecule has 0 aliphatic heterocycles. The van der Waals surface area contributed by atoms with Crippen molar-refractivity contribution in [1.82, 2.24) is 25.9 Å². The number of carbonyl (C=O) groups is 5. The van der Waals surface area contributed by atoms with Crippen LogP contribution in [-0.4, -0.2) is 75.4 Å². The average Bonchev–Trinajstić information content (AvgIpc) is 3.29. The third-order valence-electron chi connectivity index (χ3n) is 4.96. The molecule has 0 spiro atoms. The van der Waals surface area contributed by atoms with Gasteiger partial charge in [-0.1, -0.05) is 0 Å². The predicted octanol–water partition coefficient (Wildman–Crippen LogP) is -2.77. The molecule has 11 N–H and O–H groups in total. The number of amides is 4. The number of nitrogens with one attached hydrogen (secondary N) is 4. The summed E-state index contributed by atoms with van der Waals surface area (Å²) in [6.45, 7) is 1.78. The van der Waals surface area contributed by atoms with Gasteiger partial charge in [0.15, 0.2) is 0 Å². The molecule has 0 saturated heterocycles. The van der Waals surface area contributed by atoms with Crippen LogP contribution in [-0.2, 0) is 30.4 Å². The molecule has 0 fully saturated rings. The normalized spacial score (nSPS) is 14.3. The van der Waals surface area contributed by atoms with E-state index >= 15 is 0 Å². The fourth-order valence-corrected chi connectivity index (χ4v) is 2.96. The molecule has 4 amide bonds. The molecular weight excluding hydrogens is 448 g/mol. The Morgan fingerprint density at radius 2 is 1.71 bits per heavy atom. The Bertz CT molecular complexity index is 831. The zero-order valence-corrected chi connectivity index (χ0v) is 19.1. The minimum atomic E-state index is -1.25. The zero-order valence-electron chi connectivity index (χ0n) is 19.1. The number of carboxylic acid groups (broad SMARTS) is 1. The van der Waals surface area contributed by atoms with Gasteiger partial charge in [0, 0.05) is 24.7 Å². The van der Waals surface area contributed by atoms with Crippen molar-refractivity contribution >= 4 is 29.6 Å². The van der Waals surface area contributed by atoms with E-state index in [1.807, 2.05) is 0 Å². The Balaban J connectivity index is 2.74. The highest BCUT2D eigenvalue weighted by Crippen LogP contribution is 2.04. The number of hydrogen-bond acceptors (Lipinski definition) is 8. The molecule has 0 aliphatic carbocycles. The van der Waals surface area contributed by atoms with E-state index in [4.69, 9.17) is 17.2 Å². The molecule has 4 atom stereocenters. The Morgan fingerprint density at radius 3 is 2.26 bits per heavy atom. The van der Waals surface area contributed by atoms with Crippen LogP contribution in [0, 0.1) is 0 Å². The summed E-state index contributed by atoms with van der Waals surface area (Å²) in [6.07, 6.45) is 4.11. The summed E-state index contributed by atoms with van der Waals surface area (Å²) < 4.78 is 0. The molecule has 14 heteroatoms. The molecule has 0 bridgehead atoms. The zero-order chi connectivity index (χ0) is 25.7. The Labute approximate surface area is 196 Å². The van der Waals surface area contributed by atoms with E-state index in [2.05, 4.69) is 25.9 Å². The van der Waals surface area contributed by atoms with Gasteiger partial charge in [0.1, 0.15) is 18.1 Å². The highest BCUT2D eigenvalue weighted by molar-refractivity contribution is 5.94. The second-order valence-electron chi connectivity index (χ2n) is 7.87. The largest absolute Gasteiger partial charge is 0.480 e. The lowest BCUT2D eigenvalue weighted by Crippen LogP contribution is -2.56. The van der Waals surface area contributed by atoms with E-state index in [9.17, 15) is 29.1 Å². The van der Waals surface area contributed by atoms with Gasteiger partial charge in [0.2, 0.25) is 23.6 Å². The highest BCUT2D eigenvalue weighted by Gasteiger charge is 2.28. The maximum Gasteiger partial charge on any atom is 0.326 e. The molecule has 0 aromatic carbocycles. The summed E-state index contributed by atoms with van der Waals surface area (Å²) in [5, 5.41) is 16.8. The van der Waals surface area contributed by atoms with Gasteiger partial charge >= 0.3 is 5.97 Å². The number of unbranched alkanes of at least 4 members (excludes halogenated alkanes) is 1. The SMILES string of the molecule is CC(NC(=O)C(CCCCN)NC(=O)C(N)CCC(N)=O)C(=O)NC(Cc1cnc[nH]1)C(=O)O. The highest BCUT2D eigenvalue weighted by atomic mass is 16.4. The van der Waals surface area contributed by atoms with Gasteiger partial charge < -0.3 is 43.2 Å². The van der Waals surface area contributed by atoms with Gasteiger partial charge in [0.25, 0.3) is 0 Å². The van der Waals surface area contributed by atoms with E-state index in [0.717, 1.165) is 0 Å². The molecule has 1 heterocycles. The summed E-state index contributed by atoms with van der Waals surface area (Å²) in [4.78, 5) is 66.6. The molecule has 4 unspecified atom stereocenters. The molecule has 1 aromatic heterocycles. The van der Waals surface area contributed by atoms with Crippen molar-refractivity contribution in [3.05, 3.63) is 18.2 Å². The summed E-state index contributed by atoms with van der Waals surface area (Å²) >= 11 is 0. The smallest absolute Gasteiger partial charge is 0.326 e. The maximum absolute atomic E-state index is 12.8. The first-order chi connectivity index (χ1) is 16.0. The summed E-state index contributed by atoms with van der Waals surface area (Å²) in [5.74, 6) is -3.86. The van der Waals surface area contributed by atoms with Crippen LogP contribution in [0.5, 0.6) is 0 Å². The summed E-state index contributed by atoms with van der Waals surface area (Å²) in [6, 6.07) is -4.38. The second kappa shape index (κ2) is 14.6. The van der Waals surface area contributed by atoms with Crippen LogP contribution in [0.15, 0.2) is 12.5 Å². The topological polar surface area (TPSA) is 248 Å². The monoisotopic (exact) mass is 482 g/mol. The van der Waals surface area contributed by atoms with E-state index in [1.165, 1.54) is 19.4 Å². The average molecular weight is 483 g/mol. The summed E-state index contributed by atoms with van der Waals surface area (Å²) in [7, 11) is 0. The quantitative estimate of drug-likeness (QED) is 0.113. The number of nitrogens with two attached hydrogens (primary N) is 3. The third-order valence-corrected chi connectivity index (χ3v) is 4.96. The van der Waals surface area contributed by atoms with Gasteiger partial charge in [-0.05, 0) is 39.2 Å². The Kier molecular flexibility index (Phi) is 12.2. The molecule has 34 heavy (non-hydrogen) atoms. The van der Waals surface area contributed by atoms with Gasteiger partial charge in [-0.3, -0.25) is 19.2 Å². The number of hydrogen-bond donors (Lipinski definition) is 8. The molecule has 0 radical (unpaired) electrons. The molecule has 190 valence electrons. The van der Waals surface area contributed by atoms with Crippen molar-refractivity contribution in [2.75, 3.05) is 6.54 Å². The van der Waals surface area contributed by atoms with Gasteiger partial charge in [0.05, 0.1) is 12.4 Å². The fraction of sp³-hybridized carbons (Fsp3) is 0.600. The van der Waals surface area contributed by atoms with Crippen LogP contribution >= 0.6 is 0 Å². The predicted molar refractivity (Wildman–Crippen MR) is 121 cm³/mol. The molecule has 0 saturated carbocycles. The van der Waals surface area contributed by atoms with Crippen molar-refractivity contribution in [1.29, 1.82) is 0 Å². The minimum absolute atomic E-state index is 0.0179. The van der Waals surface area contributed by atoms with Crippen molar-refractivity contribution in [3.63, 3.8) is 0 Å². The van der Waals surface area contributed by atoms with Crippen LogP contribution in [0.3, 0.4) is 0 Å². The van der Waals surface area contributed by atoms with Crippen molar-refractivity contribution in [2.24, 2.45) is 17.2 Å². The van der Waals surface area contributed by atoms with Crippen LogP contribution in [0.4, 0.5) is 0 Å². The van der Waals surface area contributed by atoms with Crippen molar-refractivity contribution in [2.45, 2.75) is 69.6 Å². The standard InChI is InChI=1S/C20H34N8O6/c1-11(17(30)28-15(20(33)34)8-12-9-24-10-25-12)26-19(32)14(4-2-3-7-21)27-18(31)13(22)5-6-16(23)29/h9-11,13-15H,2-8,21-22H2,1H3,(H2,23,29)(H,24,25)(H,26,32)(H,27,31)(H,28,30)(H,33,34). The summed E-state index contributed by atoms with van der Waals surface area (Å²) in [5.41, 5.74) is 16.8. The third kappa shape index (κ3) is 10.4. The van der Waals surface area contributed by atoms with Gasteiger partial charge in [-0.25, -0.2) is 9.78 Å². The van der Waals surface area contributed by atoms with E-state index in [1.54, 1.807) is 0 Å². The molecule has 1 aromatic rings. The van der Waals surface area contributed by atoms with Gasteiger partial charge in [-0.2, -0.15) is 0 Å². The van der Waals surface area contributed by atoms with Crippen molar-refractivity contribution in [3.8, 4) is 0 Å². The number of imidazole rings is 1. The first-order valence-corrected chi connectivity index (χ1v) is 10.9. The fourth-order valence-electron chi connectivity index (χ4n) is 2.96. The number of primary amides is 1. The van der Waals surface area contributed by atoms with Gasteiger partial charge in [-0.15, -0.1) is 0 Å². The number of carboxylic acids is 1. The van der Waals surface area contributed by atoms with Crippen LogP contribution in [0.1, 0.15) is 44.7 Å². The number of aromatic amines is 1. The molecule has 0 aliphatic rings. The van der Waals surface area contributed by atoms with Crippen LogP contribution < -0.4 is 33.2 Å². The Morgan fingerprint density at radius 1 is 1.03 bits per heavy atom. The Hall–Kier alpha value is -3.52. The first kappa shape index (κ1) is 28.5. The maximum atomic E-state index is 12.8. The van der Waals surface area contributed by atoms with E-state index < -0.39 is 53.8 Å². The number of aliphatic carboxylic acids is 1.